The summed E-state index contributed by atoms with van der Waals surface area (Å²) < 4.78 is 1.10. The van der Waals surface area contributed by atoms with Crippen LogP contribution in [-0.4, -0.2) is 26.2 Å². The number of fused-ring (bicyclic) bond motifs is 3. The zero-order chi connectivity index (χ0) is 14.2. The van der Waals surface area contributed by atoms with Crippen molar-refractivity contribution in [3.63, 3.8) is 0 Å². The first-order valence-electron chi connectivity index (χ1n) is 7.16. The molecule has 0 radical (unpaired) electrons. The molecule has 3 nitrogen and oxygen atoms in total. The molecule has 104 valence electrons. The largest absolute Gasteiger partial charge is 0.369 e. The standard InChI is InChI=1S/C17H15N3S/c18-11-13-9-12-1-2-14(20-6-4-19-5-7-20)10-16(12)15-3-8-21-17(13)15/h1-3,8-10,19H,4-7H2. The summed E-state index contributed by atoms with van der Waals surface area (Å²) in [5.74, 6) is 0. The molecule has 0 aliphatic carbocycles. The highest BCUT2D eigenvalue weighted by atomic mass is 32.1. The molecule has 1 fully saturated rings. The molecule has 0 saturated carbocycles. The van der Waals surface area contributed by atoms with E-state index in [1.54, 1.807) is 11.3 Å². The SMILES string of the molecule is N#Cc1cc2ccc(N3CCNCC3)cc2c2ccsc12. The van der Waals surface area contributed by atoms with Gasteiger partial charge in [0, 0.05) is 37.3 Å². The third-order valence-corrected chi connectivity index (χ3v) is 5.09. The summed E-state index contributed by atoms with van der Waals surface area (Å²) in [5.41, 5.74) is 2.06. The second kappa shape index (κ2) is 5.03. The monoisotopic (exact) mass is 293 g/mol. The first-order valence-corrected chi connectivity index (χ1v) is 8.04. The van der Waals surface area contributed by atoms with E-state index in [0.29, 0.717) is 0 Å². The molecule has 1 aliphatic heterocycles. The second-order valence-electron chi connectivity index (χ2n) is 5.34. The highest BCUT2D eigenvalue weighted by Crippen LogP contribution is 2.34. The van der Waals surface area contributed by atoms with Crippen LogP contribution in [0.4, 0.5) is 5.69 Å². The molecule has 0 unspecified atom stereocenters. The normalized spacial score (nSPS) is 15.5. The van der Waals surface area contributed by atoms with Gasteiger partial charge in [-0.1, -0.05) is 6.07 Å². The highest BCUT2D eigenvalue weighted by molar-refractivity contribution is 7.17. The number of hydrogen-bond acceptors (Lipinski definition) is 4. The van der Waals surface area contributed by atoms with Gasteiger partial charge >= 0.3 is 0 Å². The van der Waals surface area contributed by atoms with E-state index >= 15 is 0 Å². The minimum atomic E-state index is 0.780. The molecule has 0 amide bonds. The number of thiophene rings is 1. The van der Waals surface area contributed by atoms with E-state index in [4.69, 9.17) is 0 Å². The summed E-state index contributed by atoms with van der Waals surface area (Å²) >= 11 is 1.65. The summed E-state index contributed by atoms with van der Waals surface area (Å²) in [7, 11) is 0. The Morgan fingerprint density at radius 3 is 2.76 bits per heavy atom. The van der Waals surface area contributed by atoms with Gasteiger partial charge in [0.1, 0.15) is 6.07 Å². The lowest BCUT2D eigenvalue weighted by Crippen LogP contribution is -2.43. The van der Waals surface area contributed by atoms with E-state index in [0.717, 1.165) is 41.8 Å². The van der Waals surface area contributed by atoms with Crippen molar-refractivity contribution < 1.29 is 0 Å². The van der Waals surface area contributed by atoms with E-state index in [-0.39, 0.29) is 0 Å². The van der Waals surface area contributed by atoms with Crippen LogP contribution in [0.15, 0.2) is 35.7 Å². The summed E-state index contributed by atoms with van der Waals surface area (Å²) in [6, 6.07) is 13.0. The van der Waals surface area contributed by atoms with E-state index in [1.165, 1.54) is 16.5 Å². The predicted octanol–water partition coefficient (Wildman–Crippen LogP) is 3.34. The Balaban J connectivity index is 1.92. The van der Waals surface area contributed by atoms with Crippen molar-refractivity contribution in [2.24, 2.45) is 0 Å². The van der Waals surface area contributed by atoms with Gasteiger partial charge in [0.2, 0.25) is 0 Å². The van der Waals surface area contributed by atoms with Crippen molar-refractivity contribution in [2.45, 2.75) is 0 Å². The van der Waals surface area contributed by atoms with Crippen molar-refractivity contribution in [1.82, 2.24) is 5.32 Å². The molecule has 1 N–H and O–H groups in total. The lowest BCUT2D eigenvalue weighted by molar-refractivity contribution is 0.589. The Kier molecular flexibility index (Phi) is 3.03. The molecule has 4 rings (SSSR count). The maximum Gasteiger partial charge on any atom is 0.101 e. The lowest BCUT2D eigenvalue weighted by Gasteiger charge is -2.29. The fourth-order valence-corrected chi connectivity index (χ4v) is 3.93. The molecule has 2 aromatic carbocycles. The van der Waals surface area contributed by atoms with Crippen LogP contribution in [-0.2, 0) is 0 Å². The number of piperazine rings is 1. The van der Waals surface area contributed by atoms with Crippen LogP contribution < -0.4 is 10.2 Å². The van der Waals surface area contributed by atoms with Crippen molar-refractivity contribution >= 4 is 37.9 Å². The minimum absolute atomic E-state index is 0.780. The third kappa shape index (κ3) is 2.06. The zero-order valence-corrected chi connectivity index (χ0v) is 12.4. The summed E-state index contributed by atoms with van der Waals surface area (Å²) in [4.78, 5) is 2.42. The van der Waals surface area contributed by atoms with Gasteiger partial charge in [0.05, 0.1) is 10.3 Å². The Labute approximate surface area is 127 Å². The molecule has 1 aromatic heterocycles. The molecule has 0 bridgehead atoms. The van der Waals surface area contributed by atoms with E-state index in [9.17, 15) is 5.26 Å². The maximum absolute atomic E-state index is 9.31. The molecule has 4 heteroatoms. The maximum atomic E-state index is 9.31. The van der Waals surface area contributed by atoms with Gasteiger partial charge in [-0.05, 0) is 40.4 Å². The fraction of sp³-hybridized carbons (Fsp3) is 0.235. The van der Waals surface area contributed by atoms with Crippen molar-refractivity contribution in [3.05, 3.63) is 41.3 Å². The van der Waals surface area contributed by atoms with Crippen molar-refractivity contribution in [2.75, 3.05) is 31.1 Å². The Hall–Kier alpha value is -2.09. The van der Waals surface area contributed by atoms with Gasteiger partial charge < -0.3 is 10.2 Å². The van der Waals surface area contributed by atoms with Crippen molar-refractivity contribution in [1.29, 1.82) is 5.26 Å². The number of rotatable bonds is 1. The van der Waals surface area contributed by atoms with E-state index < -0.39 is 0 Å². The third-order valence-electron chi connectivity index (χ3n) is 4.14. The molecule has 0 atom stereocenters. The van der Waals surface area contributed by atoms with Gasteiger partial charge in [-0.15, -0.1) is 11.3 Å². The van der Waals surface area contributed by atoms with Crippen LogP contribution in [0.3, 0.4) is 0 Å². The highest BCUT2D eigenvalue weighted by Gasteiger charge is 2.13. The smallest absolute Gasteiger partial charge is 0.101 e. The first-order chi connectivity index (χ1) is 10.4. The molecule has 3 aromatic rings. The minimum Gasteiger partial charge on any atom is -0.369 e. The van der Waals surface area contributed by atoms with E-state index in [2.05, 4.69) is 45.9 Å². The molecule has 1 saturated heterocycles. The fourth-order valence-electron chi connectivity index (χ4n) is 3.06. The topological polar surface area (TPSA) is 39.1 Å². The molecule has 21 heavy (non-hydrogen) atoms. The number of nitrogens with zero attached hydrogens (tertiary/aromatic N) is 2. The summed E-state index contributed by atoms with van der Waals surface area (Å²) in [5, 5.41) is 18.4. The van der Waals surface area contributed by atoms with Gasteiger partial charge in [0.15, 0.2) is 0 Å². The summed E-state index contributed by atoms with van der Waals surface area (Å²) in [6.07, 6.45) is 0. The van der Waals surface area contributed by atoms with Crippen LogP contribution in [0.1, 0.15) is 5.56 Å². The first kappa shape index (κ1) is 12.6. The van der Waals surface area contributed by atoms with Crippen LogP contribution in [0.25, 0.3) is 20.9 Å². The van der Waals surface area contributed by atoms with Gasteiger partial charge in [-0.25, -0.2) is 0 Å². The molecular formula is C17H15N3S. The van der Waals surface area contributed by atoms with Crippen LogP contribution in [0.2, 0.25) is 0 Å². The number of anilines is 1. The second-order valence-corrected chi connectivity index (χ2v) is 6.26. The summed E-state index contributed by atoms with van der Waals surface area (Å²) in [6.45, 7) is 4.18. The number of benzene rings is 2. The zero-order valence-electron chi connectivity index (χ0n) is 11.6. The Bertz CT molecular complexity index is 853. The molecular weight excluding hydrogens is 278 g/mol. The van der Waals surface area contributed by atoms with E-state index in [1.807, 2.05) is 6.07 Å². The Morgan fingerprint density at radius 1 is 1.10 bits per heavy atom. The average molecular weight is 293 g/mol. The number of hydrogen-bond donors (Lipinski definition) is 1. The average Bonchev–Trinajstić information content (AvgIpc) is 3.04. The quantitative estimate of drug-likeness (QED) is 0.748. The van der Waals surface area contributed by atoms with Crippen molar-refractivity contribution in [3.8, 4) is 6.07 Å². The molecule has 1 aliphatic rings. The van der Waals surface area contributed by atoms with Gasteiger partial charge in [-0.2, -0.15) is 5.26 Å². The van der Waals surface area contributed by atoms with Crippen LogP contribution >= 0.6 is 11.3 Å². The van der Waals surface area contributed by atoms with Crippen LogP contribution in [0.5, 0.6) is 0 Å². The predicted molar refractivity (Wildman–Crippen MR) is 89.1 cm³/mol. The van der Waals surface area contributed by atoms with Gasteiger partial charge in [-0.3, -0.25) is 0 Å². The molecule has 0 spiro atoms. The lowest BCUT2D eigenvalue weighted by atomic mass is 10.0. The van der Waals surface area contributed by atoms with Gasteiger partial charge in [0.25, 0.3) is 0 Å². The number of nitrogens with one attached hydrogen (secondary N) is 1. The Morgan fingerprint density at radius 2 is 1.95 bits per heavy atom. The van der Waals surface area contributed by atoms with Crippen LogP contribution in [0, 0.1) is 11.3 Å². The number of nitriles is 1. The molecule has 2 heterocycles.